The number of allylic oxidation sites excluding steroid dienone is 2. The smallest absolute Gasteiger partial charge is 0.303 e. The largest absolute Gasteiger partial charge is 0.481 e. The molecule has 0 aliphatic heterocycles. The first-order valence-electron chi connectivity index (χ1n) is 7.04. The first-order chi connectivity index (χ1) is 8.16. The van der Waals surface area contributed by atoms with Crippen LogP contribution >= 0.6 is 0 Å². The Morgan fingerprint density at radius 3 is 2.29 bits per heavy atom. The summed E-state index contributed by atoms with van der Waals surface area (Å²) in [5.41, 5.74) is 1.42. The highest BCUT2D eigenvalue weighted by Crippen LogP contribution is 2.12. The van der Waals surface area contributed by atoms with E-state index in [1.54, 1.807) is 0 Å². The molecule has 0 aromatic heterocycles. The number of aliphatic carboxylic acids is 1. The lowest BCUT2D eigenvalue weighted by Crippen LogP contribution is -1.92. The zero-order valence-electron chi connectivity index (χ0n) is 11.5. The van der Waals surface area contributed by atoms with Crippen LogP contribution in [0.25, 0.3) is 0 Å². The Balaban J connectivity index is 3.34. The minimum Gasteiger partial charge on any atom is -0.481 e. The van der Waals surface area contributed by atoms with Gasteiger partial charge in [-0.3, -0.25) is 4.79 Å². The highest BCUT2D eigenvalue weighted by Gasteiger charge is 1.96. The molecule has 2 nitrogen and oxygen atoms in total. The van der Waals surface area contributed by atoms with E-state index in [2.05, 4.69) is 19.9 Å². The van der Waals surface area contributed by atoms with Crippen molar-refractivity contribution in [2.75, 3.05) is 0 Å². The number of hydrogen-bond acceptors (Lipinski definition) is 1. The zero-order valence-corrected chi connectivity index (χ0v) is 11.5. The van der Waals surface area contributed by atoms with E-state index in [1.165, 1.54) is 50.5 Å². The predicted molar refractivity (Wildman–Crippen MR) is 73.2 cm³/mol. The SMILES string of the molecule is CCCCCCCC/C(C)=C/CCCC(=O)O. The van der Waals surface area contributed by atoms with Crippen LogP contribution in [0.1, 0.15) is 78.1 Å². The van der Waals surface area contributed by atoms with Crippen molar-refractivity contribution < 1.29 is 9.90 Å². The summed E-state index contributed by atoms with van der Waals surface area (Å²) in [5, 5.41) is 8.50. The molecule has 0 atom stereocenters. The number of rotatable bonds is 11. The fourth-order valence-corrected chi connectivity index (χ4v) is 1.89. The third kappa shape index (κ3) is 13.1. The van der Waals surface area contributed by atoms with Gasteiger partial charge in [0.2, 0.25) is 0 Å². The quantitative estimate of drug-likeness (QED) is 0.410. The second-order valence-electron chi connectivity index (χ2n) is 4.85. The second kappa shape index (κ2) is 11.7. The lowest BCUT2D eigenvalue weighted by molar-refractivity contribution is -0.137. The van der Waals surface area contributed by atoms with Crippen molar-refractivity contribution in [1.82, 2.24) is 0 Å². The van der Waals surface area contributed by atoms with E-state index in [1.807, 2.05) is 0 Å². The van der Waals surface area contributed by atoms with Crippen LogP contribution in [0.15, 0.2) is 11.6 Å². The summed E-state index contributed by atoms with van der Waals surface area (Å²) in [5.74, 6) is -0.688. The lowest BCUT2D eigenvalue weighted by atomic mass is 10.0. The third-order valence-electron chi connectivity index (χ3n) is 3.01. The predicted octanol–water partition coefficient (Wildman–Crippen LogP) is 4.94. The third-order valence-corrected chi connectivity index (χ3v) is 3.01. The molecule has 17 heavy (non-hydrogen) atoms. The maximum absolute atomic E-state index is 10.3. The molecule has 0 fully saturated rings. The molecule has 0 aliphatic carbocycles. The van der Waals surface area contributed by atoms with Crippen LogP contribution in [0.5, 0.6) is 0 Å². The van der Waals surface area contributed by atoms with Crippen molar-refractivity contribution >= 4 is 5.97 Å². The molecule has 0 unspecified atom stereocenters. The van der Waals surface area contributed by atoms with Gasteiger partial charge in [0.15, 0.2) is 0 Å². The average molecular weight is 240 g/mol. The molecule has 0 aromatic carbocycles. The zero-order chi connectivity index (χ0) is 12.9. The molecule has 1 N–H and O–H groups in total. The number of carbonyl (C=O) groups is 1. The summed E-state index contributed by atoms with van der Waals surface area (Å²) in [6.45, 7) is 4.40. The van der Waals surface area contributed by atoms with E-state index in [4.69, 9.17) is 5.11 Å². The molecule has 0 saturated carbocycles. The number of carboxylic acid groups (broad SMARTS) is 1. The summed E-state index contributed by atoms with van der Waals surface area (Å²) in [6.07, 6.45) is 13.4. The van der Waals surface area contributed by atoms with E-state index in [-0.39, 0.29) is 0 Å². The summed E-state index contributed by atoms with van der Waals surface area (Å²) >= 11 is 0. The lowest BCUT2D eigenvalue weighted by Gasteiger charge is -2.02. The molecule has 0 bridgehead atoms. The van der Waals surface area contributed by atoms with Gasteiger partial charge in [0.05, 0.1) is 0 Å². The molecular weight excluding hydrogens is 212 g/mol. The molecule has 0 radical (unpaired) electrons. The number of carboxylic acids is 1. The summed E-state index contributed by atoms with van der Waals surface area (Å²) in [4.78, 5) is 10.3. The maximum atomic E-state index is 10.3. The topological polar surface area (TPSA) is 37.3 Å². The van der Waals surface area contributed by atoms with Gasteiger partial charge in [0, 0.05) is 6.42 Å². The van der Waals surface area contributed by atoms with Crippen LogP contribution in [-0.2, 0) is 4.79 Å². The Hall–Kier alpha value is -0.790. The molecule has 0 amide bonds. The molecule has 0 aliphatic rings. The molecule has 100 valence electrons. The van der Waals surface area contributed by atoms with E-state index in [0.29, 0.717) is 6.42 Å². The van der Waals surface area contributed by atoms with Gasteiger partial charge in [-0.15, -0.1) is 0 Å². The molecule has 0 saturated heterocycles. The van der Waals surface area contributed by atoms with Crippen LogP contribution in [0.2, 0.25) is 0 Å². The fraction of sp³-hybridized carbons (Fsp3) is 0.800. The Labute approximate surface area is 106 Å². The van der Waals surface area contributed by atoms with Gasteiger partial charge in [-0.25, -0.2) is 0 Å². The van der Waals surface area contributed by atoms with Crippen molar-refractivity contribution in [3.8, 4) is 0 Å². The van der Waals surface area contributed by atoms with Gasteiger partial charge in [-0.1, -0.05) is 50.7 Å². The van der Waals surface area contributed by atoms with Crippen molar-refractivity contribution in [2.24, 2.45) is 0 Å². The van der Waals surface area contributed by atoms with Crippen LogP contribution in [0.4, 0.5) is 0 Å². The molecule has 0 heterocycles. The van der Waals surface area contributed by atoms with Crippen LogP contribution < -0.4 is 0 Å². The average Bonchev–Trinajstić information content (AvgIpc) is 2.29. The van der Waals surface area contributed by atoms with E-state index in [9.17, 15) is 4.79 Å². The Kier molecular flexibility index (Phi) is 11.1. The van der Waals surface area contributed by atoms with Gasteiger partial charge in [-0.05, 0) is 32.6 Å². The molecule has 0 aromatic rings. The standard InChI is InChI=1S/C15H28O2/c1-3-4-5-6-7-8-11-14(2)12-9-10-13-15(16)17/h12H,3-11,13H2,1-2H3,(H,16,17)/b14-12+. The summed E-state index contributed by atoms with van der Waals surface area (Å²) in [7, 11) is 0. The monoisotopic (exact) mass is 240 g/mol. The maximum Gasteiger partial charge on any atom is 0.303 e. The number of unbranched alkanes of at least 4 members (excludes halogenated alkanes) is 6. The minimum absolute atomic E-state index is 0.292. The highest BCUT2D eigenvalue weighted by atomic mass is 16.4. The normalized spacial score (nSPS) is 11.8. The van der Waals surface area contributed by atoms with Crippen molar-refractivity contribution in [2.45, 2.75) is 78.1 Å². The van der Waals surface area contributed by atoms with Crippen LogP contribution in [0.3, 0.4) is 0 Å². The summed E-state index contributed by atoms with van der Waals surface area (Å²) < 4.78 is 0. The Morgan fingerprint density at radius 1 is 1.00 bits per heavy atom. The summed E-state index contributed by atoms with van der Waals surface area (Å²) in [6, 6.07) is 0. The van der Waals surface area contributed by atoms with Gasteiger partial charge < -0.3 is 5.11 Å². The Morgan fingerprint density at radius 2 is 1.65 bits per heavy atom. The van der Waals surface area contributed by atoms with E-state index >= 15 is 0 Å². The second-order valence-corrected chi connectivity index (χ2v) is 4.85. The number of hydrogen-bond donors (Lipinski definition) is 1. The minimum atomic E-state index is -0.688. The van der Waals surface area contributed by atoms with Gasteiger partial charge >= 0.3 is 5.97 Å². The first kappa shape index (κ1) is 16.2. The van der Waals surface area contributed by atoms with Gasteiger partial charge in [0.25, 0.3) is 0 Å². The molecular formula is C15H28O2. The van der Waals surface area contributed by atoms with Crippen molar-refractivity contribution in [1.29, 1.82) is 0 Å². The highest BCUT2D eigenvalue weighted by molar-refractivity contribution is 5.66. The van der Waals surface area contributed by atoms with Gasteiger partial charge in [-0.2, -0.15) is 0 Å². The Bertz CT molecular complexity index is 219. The molecule has 0 spiro atoms. The molecule has 0 rings (SSSR count). The van der Waals surface area contributed by atoms with E-state index in [0.717, 1.165) is 12.8 Å². The van der Waals surface area contributed by atoms with Crippen molar-refractivity contribution in [3.05, 3.63) is 11.6 Å². The van der Waals surface area contributed by atoms with Crippen LogP contribution in [0, 0.1) is 0 Å². The molecule has 2 heteroatoms. The van der Waals surface area contributed by atoms with Crippen LogP contribution in [-0.4, -0.2) is 11.1 Å². The van der Waals surface area contributed by atoms with E-state index < -0.39 is 5.97 Å². The van der Waals surface area contributed by atoms with Gasteiger partial charge in [0.1, 0.15) is 0 Å². The first-order valence-corrected chi connectivity index (χ1v) is 7.04. The van der Waals surface area contributed by atoms with Crippen molar-refractivity contribution in [3.63, 3.8) is 0 Å². The fourth-order valence-electron chi connectivity index (χ4n) is 1.89.